The van der Waals surface area contributed by atoms with Gasteiger partial charge in [-0.05, 0) is 51.0 Å². The van der Waals surface area contributed by atoms with E-state index in [2.05, 4.69) is 5.32 Å². The molecule has 0 radical (unpaired) electrons. The van der Waals surface area contributed by atoms with Crippen LogP contribution in [0.15, 0.2) is 18.2 Å². The minimum absolute atomic E-state index is 0.0856. The Morgan fingerprint density at radius 1 is 1.20 bits per heavy atom. The lowest BCUT2D eigenvalue weighted by atomic mass is 9.93. The summed E-state index contributed by atoms with van der Waals surface area (Å²) in [6, 6.07) is 5.77. The molecule has 1 rings (SSSR count). The Balaban J connectivity index is 2.46. The molecule has 3 N–H and O–H groups in total. The summed E-state index contributed by atoms with van der Waals surface area (Å²) >= 11 is 0. The van der Waals surface area contributed by atoms with Gasteiger partial charge in [0.25, 0.3) is 5.91 Å². The number of ether oxygens (including phenoxy) is 1. The van der Waals surface area contributed by atoms with Crippen LogP contribution in [-0.2, 0) is 9.59 Å². The van der Waals surface area contributed by atoms with Crippen LogP contribution in [0.25, 0.3) is 0 Å². The number of hydrogen-bond donors (Lipinski definition) is 2. The first kappa shape index (κ1) is 16.0. The smallest absolute Gasteiger partial charge is 0.257 e. The highest BCUT2D eigenvalue weighted by atomic mass is 16.5. The van der Waals surface area contributed by atoms with Gasteiger partial charge >= 0.3 is 0 Å². The summed E-state index contributed by atoms with van der Waals surface area (Å²) in [6.45, 7) is 7.40. The van der Waals surface area contributed by atoms with Crippen LogP contribution in [-0.4, -0.2) is 25.0 Å². The van der Waals surface area contributed by atoms with Gasteiger partial charge < -0.3 is 15.8 Å². The first-order chi connectivity index (χ1) is 9.20. The zero-order chi connectivity index (χ0) is 15.3. The summed E-state index contributed by atoms with van der Waals surface area (Å²) in [6.07, 6.45) is 0. The summed E-state index contributed by atoms with van der Waals surface area (Å²) in [5.41, 5.74) is 6.62. The van der Waals surface area contributed by atoms with E-state index >= 15 is 0 Å². The van der Waals surface area contributed by atoms with E-state index < -0.39 is 11.3 Å². The molecule has 20 heavy (non-hydrogen) atoms. The van der Waals surface area contributed by atoms with Gasteiger partial charge in [0.15, 0.2) is 6.61 Å². The molecule has 0 atom stereocenters. The second-order valence-corrected chi connectivity index (χ2v) is 5.64. The van der Waals surface area contributed by atoms with Crippen LogP contribution >= 0.6 is 0 Å². The van der Waals surface area contributed by atoms with Crippen LogP contribution in [0, 0.1) is 19.3 Å². The van der Waals surface area contributed by atoms with Crippen molar-refractivity contribution < 1.29 is 14.3 Å². The SMILES string of the molecule is Cc1cc(C)cc(OCC(=O)NCC(C)(C)C(N)=O)c1. The number of nitrogens with two attached hydrogens (primary N) is 1. The lowest BCUT2D eigenvalue weighted by Crippen LogP contribution is -2.43. The fourth-order valence-electron chi connectivity index (χ4n) is 1.62. The van der Waals surface area contributed by atoms with E-state index in [1.807, 2.05) is 32.0 Å². The van der Waals surface area contributed by atoms with Gasteiger partial charge in [-0.2, -0.15) is 0 Å². The summed E-state index contributed by atoms with van der Waals surface area (Å²) in [5, 5.41) is 2.64. The van der Waals surface area contributed by atoms with Gasteiger partial charge in [-0.15, -0.1) is 0 Å². The first-order valence-corrected chi connectivity index (χ1v) is 6.48. The van der Waals surface area contributed by atoms with Crippen LogP contribution in [0.1, 0.15) is 25.0 Å². The third kappa shape index (κ3) is 4.91. The molecule has 1 aromatic rings. The molecule has 2 amide bonds. The van der Waals surface area contributed by atoms with Crippen molar-refractivity contribution in [1.29, 1.82) is 0 Å². The van der Waals surface area contributed by atoms with Crippen molar-refractivity contribution >= 4 is 11.8 Å². The van der Waals surface area contributed by atoms with E-state index in [0.29, 0.717) is 5.75 Å². The van der Waals surface area contributed by atoms with Crippen molar-refractivity contribution in [1.82, 2.24) is 5.32 Å². The minimum Gasteiger partial charge on any atom is -0.484 e. The first-order valence-electron chi connectivity index (χ1n) is 6.48. The average molecular weight is 278 g/mol. The third-order valence-corrected chi connectivity index (χ3v) is 2.96. The van der Waals surface area contributed by atoms with Crippen LogP contribution in [0.3, 0.4) is 0 Å². The Kier molecular flexibility index (Phi) is 5.13. The molecular formula is C15H22N2O3. The minimum atomic E-state index is -0.768. The van der Waals surface area contributed by atoms with Gasteiger partial charge in [0, 0.05) is 6.54 Å². The second-order valence-electron chi connectivity index (χ2n) is 5.64. The number of amides is 2. The zero-order valence-corrected chi connectivity index (χ0v) is 12.4. The summed E-state index contributed by atoms with van der Waals surface area (Å²) in [4.78, 5) is 22.8. The van der Waals surface area contributed by atoms with Gasteiger partial charge in [0.2, 0.25) is 5.91 Å². The van der Waals surface area contributed by atoms with E-state index in [0.717, 1.165) is 11.1 Å². The number of carbonyl (C=O) groups excluding carboxylic acids is 2. The van der Waals surface area contributed by atoms with E-state index in [4.69, 9.17) is 10.5 Å². The van der Waals surface area contributed by atoms with Gasteiger partial charge in [-0.1, -0.05) is 6.07 Å². The van der Waals surface area contributed by atoms with E-state index in [9.17, 15) is 9.59 Å². The maximum Gasteiger partial charge on any atom is 0.257 e. The molecule has 0 bridgehead atoms. The Labute approximate surface area is 119 Å². The maximum absolute atomic E-state index is 11.7. The largest absolute Gasteiger partial charge is 0.484 e. The quantitative estimate of drug-likeness (QED) is 0.823. The van der Waals surface area contributed by atoms with Gasteiger partial charge in [-0.3, -0.25) is 9.59 Å². The summed E-state index contributed by atoms with van der Waals surface area (Å²) in [7, 11) is 0. The molecule has 0 aromatic heterocycles. The monoisotopic (exact) mass is 278 g/mol. The predicted octanol–water partition coefficient (Wildman–Crippen LogP) is 1.31. The van der Waals surface area contributed by atoms with Crippen molar-refractivity contribution in [2.75, 3.05) is 13.2 Å². The fraction of sp³-hybridized carbons (Fsp3) is 0.467. The van der Waals surface area contributed by atoms with Crippen molar-refractivity contribution in [2.24, 2.45) is 11.1 Å². The van der Waals surface area contributed by atoms with Gasteiger partial charge in [0.05, 0.1) is 5.41 Å². The molecule has 0 heterocycles. The van der Waals surface area contributed by atoms with Crippen LogP contribution in [0.5, 0.6) is 5.75 Å². The molecule has 0 spiro atoms. The molecule has 0 aliphatic rings. The fourth-order valence-corrected chi connectivity index (χ4v) is 1.62. The molecule has 5 heteroatoms. The Hall–Kier alpha value is -2.04. The highest BCUT2D eigenvalue weighted by molar-refractivity contribution is 5.82. The van der Waals surface area contributed by atoms with Crippen LogP contribution in [0.4, 0.5) is 0 Å². The lowest BCUT2D eigenvalue weighted by Gasteiger charge is -2.20. The highest BCUT2D eigenvalue weighted by Gasteiger charge is 2.25. The molecular weight excluding hydrogens is 256 g/mol. The van der Waals surface area contributed by atoms with Crippen LogP contribution < -0.4 is 15.8 Å². The summed E-state index contributed by atoms with van der Waals surface area (Å²) < 4.78 is 5.43. The number of carbonyl (C=O) groups is 2. The summed E-state index contributed by atoms with van der Waals surface area (Å²) in [5.74, 6) is -0.0710. The lowest BCUT2D eigenvalue weighted by molar-refractivity contribution is -0.127. The number of nitrogens with one attached hydrogen (secondary N) is 1. The molecule has 5 nitrogen and oxygen atoms in total. The van der Waals surface area contributed by atoms with Crippen molar-refractivity contribution in [2.45, 2.75) is 27.7 Å². The molecule has 0 fully saturated rings. The van der Waals surface area contributed by atoms with E-state index in [1.165, 1.54) is 0 Å². The number of aryl methyl sites for hydroxylation is 2. The van der Waals surface area contributed by atoms with E-state index in [1.54, 1.807) is 13.8 Å². The van der Waals surface area contributed by atoms with Crippen molar-refractivity contribution in [3.05, 3.63) is 29.3 Å². The Morgan fingerprint density at radius 2 is 1.75 bits per heavy atom. The van der Waals surface area contributed by atoms with Crippen molar-refractivity contribution in [3.8, 4) is 5.75 Å². The van der Waals surface area contributed by atoms with Gasteiger partial charge in [0.1, 0.15) is 5.75 Å². The average Bonchev–Trinajstić information content (AvgIpc) is 2.32. The third-order valence-electron chi connectivity index (χ3n) is 2.96. The number of hydrogen-bond acceptors (Lipinski definition) is 3. The standard InChI is InChI=1S/C15H22N2O3/c1-10-5-11(2)7-12(6-10)20-8-13(18)17-9-15(3,4)14(16)19/h5-7H,8-9H2,1-4H3,(H2,16,19)(H,17,18). The maximum atomic E-state index is 11.7. The van der Waals surface area contributed by atoms with Gasteiger partial charge in [-0.25, -0.2) is 0 Å². The Morgan fingerprint density at radius 3 is 2.25 bits per heavy atom. The number of primary amides is 1. The van der Waals surface area contributed by atoms with Crippen LogP contribution in [0.2, 0.25) is 0 Å². The Bertz CT molecular complexity index is 490. The molecule has 0 saturated carbocycles. The van der Waals surface area contributed by atoms with Crippen molar-refractivity contribution in [3.63, 3.8) is 0 Å². The highest BCUT2D eigenvalue weighted by Crippen LogP contribution is 2.16. The topological polar surface area (TPSA) is 81.4 Å². The molecule has 110 valence electrons. The number of rotatable bonds is 6. The zero-order valence-electron chi connectivity index (χ0n) is 12.4. The van der Waals surface area contributed by atoms with E-state index in [-0.39, 0.29) is 19.1 Å². The second kappa shape index (κ2) is 6.41. The molecule has 1 aromatic carbocycles. The molecule has 0 unspecified atom stereocenters. The molecule has 0 saturated heterocycles. The molecule has 0 aliphatic carbocycles. The predicted molar refractivity (Wildman–Crippen MR) is 77.4 cm³/mol. The number of benzene rings is 1. The normalized spacial score (nSPS) is 11.0. The molecule has 0 aliphatic heterocycles.